The zero-order chi connectivity index (χ0) is 6.97. The number of pyridine rings is 1. The first-order chi connectivity index (χ1) is 4.88. The molecule has 10 heavy (non-hydrogen) atoms. The van der Waals surface area contributed by atoms with Crippen LogP contribution in [0.2, 0.25) is 0 Å². The number of hydrogen-bond acceptors (Lipinski definition) is 2. The average molecular weight is 150 g/mol. The maximum absolute atomic E-state index is 4.21. The van der Waals surface area contributed by atoms with Crippen molar-refractivity contribution >= 4 is 19.0 Å². The Morgan fingerprint density at radius 3 is 3.20 bits per heavy atom. The summed E-state index contributed by atoms with van der Waals surface area (Å²) in [5.74, 6) is 0. The van der Waals surface area contributed by atoms with E-state index in [1.807, 2.05) is 18.5 Å². The molecule has 3 heteroatoms. The molecule has 0 saturated heterocycles. The first kappa shape index (κ1) is 5.87. The molecule has 0 fully saturated rings. The topological polar surface area (TPSA) is 25.8 Å². The molecule has 2 aromatic heterocycles. The molecule has 0 aromatic carbocycles. The van der Waals surface area contributed by atoms with E-state index in [-0.39, 0.29) is 0 Å². The minimum Gasteiger partial charge on any atom is -0.251 e. The zero-order valence-electron chi connectivity index (χ0n) is 5.63. The molecule has 0 bridgehead atoms. The number of nitrogens with zero attached hydrogens (tertiary/aromatic N) is 2. The van der Waals surface area contributed by atoms with Crippen LogP contribution in [0.1, 0.15) is 5.56 Å². The Bertz CT molecular complexity index is 353. The van der Waals surface area contributed by atoms with Crippen LogP contribution < -0.4 is 0 Å². The highest BCUT2D eigenvalue weighted by molar-refractivity contribution is 7.32. The Labute approximate surface area is 60.5 Å². The van der Waals surface area contributed by atoms with E-state index >= 15 is 0 Å². The number of fused-ring (bicyclic) bond motifs is 1. The number of aryl methyl sites for hydroxylation is 1. The smallest absolute Gasteiger partial charge is 0.105 e. The van der Waals surface area contributed by atoms with Gasteiger partial charge in [0.15, 0.2) is 0 Å². The summed E-state index contributed by atoms with van der Waals surface area (Å²) in [6.45, 7) is 2.09. The van der Waals surface area contributed by atoms with Crippen molar-refractivity contribution in [1.82, 2.24) is 9.73 Å². The summed E-state index contributed by atoms with van der Waals surface area (Å²) >= 11 is 0. The van der Waals surface area contributed by atoms with E-state index in [0.29, 0.717) is 8.35 Å². The van der Waals surface area contributed by atoms with Crippen LogP contribution in [0.15, 0.2) is 18.5 Å². The molecule has 0 aliphatic carbocycles. The van der Waals surface area contributed by atoms with Crippen LogP contribution in [0.3, 0.4) is 0 Å². The molecular weight excluding hydrogens is 143 g/mol. The number of hydrogen-bond donors (Lipinski definition) is 0. The molecule has 0 aliphatic heterocycles. The summed E-state index contributed by atoms with van der Waals surface area (Å²) in [5.41, 5.74) is 1.28. The lowest BCUT2D eigenvalue weighted by molar-refractivity contribution is 1.39. The van der Waals surface area contributed by atoms with Crippen LogP contribution in [0, 0.1) is 6.92 Å². The molecule has 0 aliphatic rings. The molecular formula is C7H7N2P. The van der Waals surface area contributed by atoms with Gasteiger partial charge in [0.2, 0.25) is 0 Å². The van der Waals surface area contributed by atoms with Crippen molar-refractivity contribution in [3.63, 3.8) is 0 Å². The summed E-state index contributed by atoms with van der Waals surface area (Å²) in [6.07, 6.45) is 3.76. The van der Waals surface area contributed by atoms with Gasteiger partial charge in [0.25, 0.3) is 0 Å². The molecule has 2 nitrogen and oxygen atoms in total. The minimum atomic E-state index is 0.534. The maximum atomic E-state index is 4.21. The number of aromatic nitrogens is 2. The van der Waals surface area contributed by atoms with Gasteiger partial charge >= 0.3 is 0 Å². The van der Waals surface area contributed by atoms with Gasteiger partial charge < -0.3 is 0 Å². The van der Waals surface area contributed by atoms with Gasteiger partial charge in [-0.15, -0.1) is 0 Å². The quantitative estimate of drug-likeness (QED) is 0.573. The molecule has 1 atom stereocenters. The highest BCUT2D eigenvalue weighted by Gasteiger charge is 1.96. The van der Waals surface area contributed by atoms with Crippen molar-refractivity contribution in [3.8, 4) is 0 Å². The van der Waals surface area contributed by atoms with Crippen molar-refractivity contribution in [2.24, 2.45) is 0 Å². The Morgan fingerprint density at radius 1 is 1.50 bits per heavy atom. The highest BCUT2D eigenvalue weighted by Crippen LogP contribution is 2.21. The molecule has 0 N–H and O–H groups in total. The monoisotopic (exact) mass is 150 g/mol. The maximum Gasteiger partial charge on any atom is 0.105 e. The SMILES string of the molecule is Cc1ccnc2[pH]ncc12. The summed E-state index contributed by atoms with van der Waals surface area (Å²) in [4.78, 5) is 4.21. The predicted molar refractivity (Wildman–Crippen MR) is 43.8 cm³/mol. The first-order valence-electron chi connectivity index (χ1n) is 3.12. The molecule has 1 unspecified atom stereocenters. The normalized spacial score (nSPS) is 11.3. The molecule has 0 spiro atoms. The Hall–Kier alpha value is -0.880. The van der Waals surface area contributed by atoms with Gasteiger partial charge in [0, 0.05) is 17.8 Å². The summed E-state index contributed by atoms with van der Waals surface area (Å²) in [5, 5.41) is 2.36. The fourth-order valence-electron chi connectivity index (χ4n) is 0.980. The summed E-state index contributed by atoms with van der Waals surface area (Å²) in [6, 6.07) is 2.01. The van der Waals surface area contributed by atoms with Gasteiger partial charge in [-0.05, 0) is 26.9 Å². The lowest BCUT2D eigenvalue weighted by atomic mass is 10.2. The fourth-order valence-corrected chi connectivity index (χ4v) is 1.81. The summed E-state index contributed by atoms with van der Waals surface area (Å²) < 4.78 is 4.15. The van der Waals surface area contributed by atoms with E-state index in [2.05, 4.69) is 16.7 Å². The second-order valence-corrected chi connectivity index (χ2v) is 3.22. The Morgan fingerprint density at radius 2 is 2.40 bits per heavy atom. The first-order valence-corrected chi connectivity index (χ1v) is 4.07. The molecule has 0 amide bonds. The predicted octanol–water partition coefficient (Wildman–Crippen LogP) is 1.97. The van der Waals surface area contributed by atoms with Crippen LogP contribution >= 0.6 is 8.35 Å². The highest BCUT2D eigenvalue weighted by atomic mass is 31.0. The zero-order valence-corrected chi connectivity index (χ0v) is 6.63. The van der Waals surface area contributed by atoms with Crippen LogP contribution in [-0.2, 0) is 0 Å². The van der Waals surface area contributed by atoms with Crippen molar-refractivity contribution in [1.29, 1.82) is 0 Å². The van der Waals surface area contributed by atoms with Crippen LogP contribution in [0.25, 0.3) is 10.6 Å². The van der Waals surface area contributed by atoms with E-state index in [4.69, 9.17) is 0 Å². The van der Waals surface area contributed by atoms with Crippen LogP contribution in [0.4, 0.5) is 0 Å². The van der Waals surface area contributed by atoms with Crippen molar-refractivity contribution in [3.05, 3.63) is 24.0 Å². The molecule has 2 rings (SSSR count). The average Bonchev–Trinajstić information content (AvgIpc) is 2.36. The third kappa shape index (κ3) is 0.729. The van der Waals surface area contributed by atoms with Gasteiger partial charge in [0.05, 0.1) is 0 Å². The third-order valence-electron chi connectivity index (χ3n) is 1.57. The second kappa shape index (κ2) is 2.06. The Kier molecular flexibility index (Phi) is 1.21. The van der Waals surface area contributed by atoms with E-state index < -0.39 is 0 Å². The summed E-state index contributed by atoms with van der Waals surface area (Å²) in [7, 11) is 0.534. The molecule has 0 radical (unpaired) electrons. The van der Waals surface area contributed by atoms with Crippen molar-refractivity contribution in [2.45, 2.75) is 6.92 Å². The largest absolute Gasteiger partial charge is 0.251 e. The lowest BCUT2D eigenvalue weighted by Gasteiger charge is -1.90. The van der Waals surface area contributed by atoms with Gasteiger partial charge in [-0.2, -0.15) is 0 Å². The molecule has 2 aromatic rings. The second-order valence-electron chi connectivity index (χ2n) is 2.26. The van der Waals surface area contributed by atoms with E-state index in [9.17, 15) is 0 Å². The van der Waals surface area contributed by atoms with Gasteiger partial charge in [-0.1, -0.05) is 0 Å². The van der Waals surface area contributed by atoms with Crippen molar-refractivity contribution < 1.29 is 0 Å². The van der Waals surface area contributed by atoms with Gasteiger partial charge in [-0.3, -0.25) is 4.98 Å². The van der Waals surface area contributed by atoms with E-state index in [1.54, 1.807) is 0 Å². The van der Waals surface area contributed by atoms with Gasteiger partial charge in [0.1, 0.15) is 5.25 Å². The standard InChI is InChI=1S/C7H7N2P/c1-5-2-3-8-7-6(5)4-9-10-7/h2-4,10H,1H3. The fraction of sp³-hybridized carbons (Fsp3) is 0.143. The lowest BCUT2D eigenvalue weighted by Crippen LogP contribution is -1.73. The molecule has 50 valence electrons. The van der Waals surface area contributed by atoms with Crippen LogP contribution in [-0.4, -0.2) is 9.73 Å². The van der Waals surface area contributed by atoms with Crippen molar-refractivity contribution in [2.75, 3.05) is 0 Å². The minimum absolute atomic E-state index is 0.534. The van der Waals surface area contributed by atoms with E-state index in [0.717, 1.165) is 5.25 Å². The molecule has 0 saturated carbocycles. The van der Waals surface area contributed by atoms with E-state index in [1.165, 1.54) is 10.9 Å². The Balaban J connectivity index is 2.95. The molecule has 2 heterocycles. The third-order valence-corrected chi connectivity index (χ3v) is 2.44. The number of rotatable bonds is 0. The van der Waals surface area contributed by atoms with Crippen LogP contribution in [0.5, 0.6) is 0 Å². The van der Waals surface area contributed by atoms with Gasteiger partial charge in [-0.25, -0.2) is 4.75 Å².